The maximum absolute atomic E-state index is 13.6. The number of hydrogen-bond donors (Lipinski definition) is 2. The summed E-state index contributed by atoms with van der Waals surface area (Å²) in [7, 11) is 2.96. The summed E-state index contributed by atoms with van der Waals surface area (Å²) < 4.78 is 23.4. The number of carbonyl (C=O) groups excluding carboxylic acids is 1. The van der Waals surface area contributed by atoms with Crippen molar-refractivity contribution in [3.8, 4) is 5.75 Å². The largest absolute Gasteiger partial charge is 0.494 e. The number of hydrogen-bond acceptors (Lipinski definition) is 4. The SMILES string of the molecule is COCCN=C1NC(=O)C(c2ccc(OC)c(F)c2)N1. The summed E-state index contributed by atoms with van der Waals surface area (Å²) in [5.74, 6) is -0.274. The Kier molecular flexibility index (Phi) is 4.52. The van der Waals surface area contributed by atoms with E-state index >= 15 is 0 Å². The quantitative estimate of drug-likeness (QED) is 0.775. The zero-order chi connectivity index (χ0) is 14.5. The maximum atomic E-state index is 13.6. The van der Waals surface area contributed by atoms with Crippen LogP contribution < -0.4 is 15.4 Å². The van der Waals surface area contributed by atoms with Gasteiger partial charge in [0.05, 0.1) is 20.3 Å². The van der Waals surface area contributed by atoms with Crippen LogP contribution in [0.25, 0.3) is 0 Å². The summed E-state index contributed by atoms with van der Waals surface area (Å²) in [6, 6.07) is 3.74. The van der Waals surface area contributed by atoms with Crippen molar-refractivity contribution in [2.45, 2.75) is 6.04 Å². The summed E-state index contributed by atoms with van der Waals surface area (Å²) >= 11 is 0. The number of methoxy groups -OCH3 is 2. The fourth-order valence-corrected chi connectivity index (χ4v) is 1.86. The Morgan fingerprint density at radius 2 is 2.20 bits per heavy atom. The van der Waals surface area contributed by atoms with Crippen molar-refractivity contribution in [3.63, 3.8) is 0 Å². The molecule has 2 N–H and O–H groups in total. The summed E-state index contributed by atoms with van der Waals surface area (Å²) in [5.41, 5.74) is 0.512. The smallest absolute Gasteiger partial charge is 0.253 e. The van der Waals surface area contributed by atoms with Crippen molar-refractivity contribution < 1.29 is 18.7 Å². The van der Waals surface area contributed by atoms with Gasteiger partial charge >= 0.3 is 0 Å². The van der Waals surface area contributed by atoms with Gasteiger partial charge in [0.25, 0.3) is 5.91 Å². The van der Waals surface area contributed by atoms with Crippen molar-refractivity contribution in [1.82, 2.24) is 10.6 Å². The summed E-state index contributed by atoms with van der Waals surface area (Å²) in [4.78, 5) is 16.0. The molecule has 1 amide bonds. The molecule has 20 heavy (non-hydrogen) atoms. The molecule has 0 aliphatic carbocycles. The molecular formula is C13H16FN3O3. The third kappa shape index (κ3) is 3.05. The van der Waals surface area contributed by atoms with Crippen LogP contribution in [0.2, 0.25) is 0 Å². The molecule has 1 aromatic rings. The van der Waals surface area contributed by atoms with Crippen LogP contribution in [0.1, 0.15) is 11.6 Å². The average Bonchev–Trinajstić information content (AvgIpc) is 2.80. The minimum atomic E-state index is -0.656. The molecule has 1 aliphatic rings. The van der Waals surface area contributed by atoms with E-state index in [-0.39, 0.29) is 11.7 Å². The molecule has 6 nitrogen and oxygen atoms in total. The molecule has 1 saturated heterocycles. The van der Waals surface area contributed by atoms with Crippen molar-refractivity contribution in [3.05, 3.63) is 29.6 Å². The van der Waals surface area contributed by atoms with E-state index in [4.69, 9.17) is 9.47 Å². The van der Waals surface area contributed by atoms with Crippen LogP contribution in [0.5, 0.6) is 5.75 Å². The summed E-state index contributed by atoms with van der Waals surface area (Å²) in [6.45, 7) is 0.895. The van der Waals surface area contributed by atoms with E-state index in [1.54, 1.807) is 13.2 Å². The van der Waals surface area contributed by atoms with Crippen LogP contribution >= 0.6 is 0 Å². The third-order valence-corrected chi connectivity index (χ3v) is 2.86. The van der Waals surface area contributed by atoms with Crippen molar-refractivity contribution in [2.75, 3.05) is 27.4 Å². The number of benzene rings is 1. The fourth-order valence-electron chi connectivity index (χ4n) is 1.86. The van der Waals surface area contributed by atoms with Gasteiger partial charge in [-0.15, -0.1) is 0 Å². The van der Waals surface area contributed by atoms with Gasteiger partial charge in [0.15, 0.2) is 17.5 Å². The first-order valence-electron chi connectivity index (χ1n) is 6.10. The van der Waals surface area contributed by atoms with Gasteiger partial charge in [-0.3, -0.25) is 15.1 Å². The Balaban J connectivity index is 2.11. The zero-order valence-electron chi connectivity index (χ0n) is 11.3. The zero-order valence-corrected chi connectivity index (χ0v) is 11.3. The van der Waals surface area contributed by atoms with E-state index in [0.717, 1.165) is 0 Å². The second kappa shape index (κ2) is 6.33. The standard InChI is InChI=1S/C13H16FN3O3/c1-19-6-5-15-13-16-11(12(18)17-13)8-3-4-10(20-2)9(14)7-8/h3-4,7,11H,5-6H2,1-2H3,(H2,15,16,17,18). The molecule has 0 bridgehead atoms. The van der Waals surface area contributed by atoms with Gasteiger partial charge in [-0.1, -0.05) is 6.07 Å². The molecule has 1 unspecified atom stereocenters. The number of guanidine groups is 1. The van der Waals surface area contributed by atoms with Crippen molar-refractivity contribution in [1.29, 1.82) is 0 Å². The Morgan fingerprint density at radius 1 is 1.40 bits per heavy atom. The number of nitrogens with zero attached hydrogens (tertiary/aromatic N) is 1. The second-order valence-electron chi connectivity index (χ2n) is 4.18. The van der Waals surface area contributed by atoms with Crippen LogP contribution in [-0.4, -0.2) is 39.2 Å². The van der Waals surface area contributed by atoms with Gasteiger partial charge in [0, 0.05) is 7.11 Å². The van der Waals surface area contributed by atoms with E-state index in [9.17, 15) is 9.18 Å². The molecule has 7 heteroatoms. The van der Waals surface area contributed by atoms with Crippen LogP contribution in [0, 0.1) is 5.82 Å². The van der Waals surface area contributed by atoms with E-state index < -0.39 is 11.9 Å². The number of ether oxygens (including phenoxy) is 2. The van der Waals surface area contributed by atoms with Gasteiger partial charge in [-0.2, -0.15) is 0 Å². The highest BCUT2D eigenvalue weighted by Crippen LogP contribution is 2.23. The lowest BCUT2D eigenvalue weighted by Crippen LogP contribution is -2.26. The number of aliphatic imine (C=N–C) groups is 1. The van der Waals surface area contributed by atoms with Crippen molar-refractivity contribution >= 4 is 11.9 Å². The topological polar surface area (TPSA) is 72.0 Å². The maximum Gasteiger partial charge on any atom is 0.253 e. The van der Waals surface area contributed by atoms with Gasteiger partial charge in [0.1, 0.15) is 6.04 Å². The molecule has 1 aromatic carbocycles. The first-order valence-corrected chi connectivity index (χ1v) is 6.10. The molecule has 0 radical (unpaired) electrons. The van der Waals surface area contributed by atoms with E-state index in [1.807, 2.05) is 0 Å². The van der Waals surface area contributed by atoms with Crippen LogP contribution in [0.3, 0.4) is 0 Å². The number of nitrogens with one attached hydrogen (secondary N) is 2. The third-order valence-electron chi connectivity index (χ3n) is 2.86. The Morgan fingerprint density at radius 3 is 2.85 bits per heavy atom. The Bertz CT molecular complexity index is 534. The predicted molar refractivity (Wildman–Crippen MR) is 71.1 cm³/mol. The first-order chi connectivity index (χ1) is 9.65. The fraction of sp³-hybridized carbons (Fsp3) is 0.385. The second-order valence-corrected chi connectivity index (χ2v) is 4.18. The van der Waals surface area contributed by atoms with Crippen LogP contribution in [0.15, 0.2) is 23.2 Å². The van der Waals surface area contributed by atoms with E-state index in [0.29, 0.717) is 24.7 Å². The van der Waals surface area contributed by atoms with E-state index in [1.165, 1.54) is 19.2 Å². The minimum Gasteiger partial charge on any atom is -0.494 e. The lowest BCUT2D eigenvalue weighted by atomic mass is 10.1. The summed E-state index contributed by atoms with van der Waals surface area (Å²) in [6.07, 6.45) is 0. The Labute approximate surface area is 116 Å². The molecule has 1 atom stereocenters. The lowest BCUT2D eigenvalue weighted by Gasteiger charge is -2.09. The van der Waals surface area contributed by atoms with Gasteiger partial charge in [0.2, 0.25) is 0 Å². The number of carbonyl (C=O) groups is 1. The number of halogens is 1. The molecule has 108 valence electrons. The predicted octanol–water partition coefficient (Wildman–Crippen LogP) is 0.597. The molecule has 1 fully saturated rings. The summed E-state index contributed by atoms with van der Waals surface area (Å²) in [5, 5.41) is 5.51. The monoisotopic (exact) mass is 281 g/mol. The van der Waals surface area contributed by atoms with Gasteiger partial charge in [-0.25, -0.2) is 4.39 Å². The molecule has 0 saturated carbocycles. The highest BCUT2D eigenvalue weighted by Gasteiger charge is 2.30. The molecule has 0 aromatic heterocycles. The molecule has 2 rings (SSSR count). The first kappa shape index (κ1) is 14.3. The van der Waals surface area contributed by atoms with Gasteiger partial charge < -0.3 is 14.8 Å². The molecular weight excluding hydrogens is 265 g/mol. The highest BCUT2D eigenvalue weighted by molar-refractivity contribution is 6.06. The van der Waals surface area contributed by atoms with Crippen LogP contribution in [0.4, 0.5) is 4.39 Å². The molecule has 0 spiro atoms. The lowest BCUT2D eigenvalue weighted by molar-refractivity contribution is -0.120. The normalized spacial score (nSPS) is 19.9. The molecule has 1 heterocycles. The number of amides is 1. The van der Waals surface area contributed by atoms with Gasteiger partial charge in [-0.05, 0) is 17.7 Å². The average molecular weight is 281 g/mol. The van der Waals surface area contributed by atoms with Crippen LogP contribution in [-0.2, 0) is 9.53 Å². The highest BCUT2D eigenvalue weighted by atomic mass is 19.1. The van der Waals surface area contributed by atoms with E-state index in [2.05, 4.69) is 15.6 Å². The van der Waals surface area contributed by atoms with Crippen molar-refractivity contribution in [2.24, 2.45) is 4.99 Å². The number of rotatable bonds is 5. The minimum absolute atomic E-state index is 0.140. The Hall–Kier alpha value is -2.15. The molecule has 1 aliphatic heterocycles.